The Labute approximate surface area is 222 Å². The normalized spacial score (nSPS) is 12.2. The summed E-state index contributed by atoms with van der Waals surface area (Å²) < 4.78 is 40.2. The van der Waals surface area contributed by atoms with Gasteiger partial charge in [0.2, 0.25) is 10.0 Å². The van der Waals surface area contributed by atoms with Gasteiger partial charge in [-0.1, -0.05) is 83.9 Å². The number of carbonyl (C=O) groups is 1. The number of esters is 1. The Morgan fingerprint density at radius 1 is 0.917 bits per heavy atom. The predicted molar refractivity (Wildman–Crippen MR) is 142 cm³/mol. The van der Waals surface area contributed by atoms with Crippen LogP contribution in [-0.2, 0) is 24.3 Å². The first-order valence-electron chi connectivity index (χ1n) is 11.4. The van der Waals surface area contributed by atoms with Crippen LogP contribution >= 0.6 is 23.2 Å². The Kier molecular flexibility index (Phi) is 9.55. The highest BCUT2D eigenvalue weighted by Crippen LogP contribution is 2.36. The van der Waals surface area contributed by atoms with Gasteiger partial charge in [0.05, 0.1) is 17.7 Å². The van der Waals surface area contributed by atoms with Crippen molar-refractivity contribution in [3.8, 4) is 0 Å². The van der Waals surface area contributed by atoms with E-state index in [4.69, 9.17) is 32.7 Å². The number of ether oxygens (including phenoxy) is 2. The van der Waals surface area contributed by atoms with E-state index >= 15 is 0 Å². The molecule has 0 N–H and O–H groups in total. The van der Waals surface area contributed by atoms with Gasteiger partial charge >= 0.3 is 5.97 Å². The average Bonchev–Trinajstić information content (AvgIpc) is 2.80. The molecule has 0 spiro atoms. The third-order valence-corrected chi connectivity index (χ3v) is 7.68. The van der Waals surface area contributed by atoms with E-state index in [1.807, 2.05) is 60.7 Å². The summed E-state index contributed by atoms with van der Waals surface area (Å²) in [6, 6.07) is 22.2. The lowest BCUT2D eigenvalue weighted by molar-refractivity contribution is -0.160. The van der Waals surface area contributed by atoms with Crippen LogP contribution in [0.2, 0.25) is 10.0 Å². The van der Waals surface area contributed by atoms with Crippen LogP contribution in [0.25, 0.3) is 0 Å². The number of halogens is 2. The molecular weight excluding hydrogens is 521 g/mol. The molecule has 3 aromatic rings. The second-order valence-corrected chi connectivity index (χ2v) is 11.8. The van der Waals surface area contributed by atoms with Gasteiger partial charge in [-0.25, -0.2) is 13.2 Å². The highest BCUT2D eigenvalue weighted by atomic mass is 35.5. The second kappa shape index (κ2) is 12.2. The first-order valence-corrected chi connectivity index (χ1v) is 13.5. The maximum atomic E-state index is 14.0. The van der Waals surface area contributed by atoms with Gasteiger partial charge < -0.3 is 9.47 Å². The van der Waals surface area contributed by atoms with Crippen LogP contribution in [0.5, 0.6) is 0 Å². The summed E-state index contributed by atoms with van der Waals surface area (Å²) in [4.78, 5) is 12.0. The summed E-state index contributed by atoms with van der Waals surface area (Å²) in [5.74, 6) is -0.527. The number of hydrogen-bond acceptors (Lipinski definition) is 5. The average molecular weight is 551 g/mol. The van der Waals surface area contributed by atoms with Gasteiger partial charge in [-0.2, -0.15) is 4.31 Å². The van der Waals surface area contributed by atoms with Crippen LogP contribution in [0.3, 0.4) is 0 Å². The van der Waals surface area contributed by atoms with Crippen molar-refractivity contribution in [1.82, 2.24) is 4.31 Å². The SMILES string of the molecule is CC(C)(C)OC(=O)COCCN(C(c1ccccc1)c1ccccc1)S(=O)(=O)c1ccc(Cl)cc1Cl. The van der Waals surface area contributed by atoms with E-state index in [9.17, 15) is 13.2 Å². The van der Waals surface area contributed by atoms with Crippen LogP contribution < -0.4 is 0 Å². The van der Waals surface area contributed by atoms with E-state index in [0.29, 0.717) is 5.02 Å². The van der Waals surface area contributed by atoms with Crippen LogP contribution in [0.1, 0.15) is 37.9 Å². The fraction of sp³-hybridized carbons (Fsp3) is 0.296. The Bertz CT molecular complexity index is 1220. The van der Waals surface area contributed by atoms with Crippen molar-refractivity contribution in [1.29, 1.82) is 0 Å². The van der Waals surface area contributed by atoms with Gasteiger partial charge in [0.15, 0.2) is 0 Å². The molecule has 0 amide bonds. The van der Waals surface area contributed by atoms with Crippen LogP contribution in [0.15, 0.2) is 83.8 Å². The van der Waals surface area contributed by atoms with Crippen molar-refractivity contribution in [2.24, 2.45) is 0 Å². The molecule has 0 aliphatic carbocycles. The number of rotatable bonds is 10. The van der Waals surface area contributed by atoms with Crippen LogP contribution in [0, 0.1) is 0 Å². The lowest BCUT2D eigenvalue weighted by atomic mass is 9.99. The summed E-state index contributed by atoms with van der Waals surface area (Å²) >= 11 is 12.4. The van der Waals surface area contributed by atoms with E-state index in [1.54, 1.807) is 20.8 Å². The van der Waals surface area contributed by atoms with Gasteiger partial charge in [-0.15, -0.1) is 0 Å². The van der Waals surface area contributed by atoms with Crippen LogP contribution in [0.4, 0.5) is 0 Å². The van der Waals surface area contributed by atoms with Gasteiger partial charge in [0.25, 0.3) is 0 Å². The number of carbonyl (C=O) groups excluding carboxylic acids is 1. The predicted octanol–water partition coefficient (Wildman–Crippen LogP) is 6.13. The minimum absolute atomic E-state index is 0.0158. The molecule has 0 fully saturated rings. The first kappa shape index (κ1) is 28.2. The zero-order chi connectivity index (χ0) is 26.3. The molecule has 0 aliphatic rings. The van der Waals surface area contributed by atoms with E-state index < -0.39 is 27.6 Å². The molecule has 0 atom stereocenters. The molecular formula is C27H29Cl2NO5S. The molecule has 192 valence electrons. The molecule has 0 saturated carbocycles. The molecule has 3 aromatic carbocycles. The van der Waals surface area contributed by atoms with E-state index in [-0.39, 0.29) is 29.7 Å². The molecule has 0 heterocycles. The molecule has 0 radical (unpaired) electrons. The van der Waals surface area contributed by atoms with Gasteiger partial charge in [-0.3, -0.25) is 0 Å². The summed E-state index contributed by atoms with van der Waals surface area (Å²) in [5.41, 5.74) is 0.890. The second-order valence-electron chi connectivity index (χ2n) is 9.05. The monoisotopic (exact) mass is 549 g/mol. The minimum Gasteiger partial charge on any atom is -0.458 e. The van der Waals surface area contributed by atoms with E-state index in [2.05, 4.69) is 0 Å². The smallest absolute Gasteiger partial charge is 0.332 e. The van der Waals surface area contributed by atoms with Crippen molar-refractivity contribution in [2.45, 2.75) is 37.3 Å². The molecule has 0 bridgehead atoms. The van der Waals surface area contributed by atoms with Gasteiger partial charge in [0, 0.05) is 11.6 Å². The highest BCUT2D eigenvalue weighted by molar-refractivity contribution is 7.89. The maximum absolute atomic E-state index is 14.0. The Balaban J connectivity index is 1.99. The molecule has 6 nitrogen and oxygen atoms in total. The van der Waals surface area contributed by atoms with Crippen molar-refractivity contribution in [2.75, 3.05) is 19.8 Å². The third kappa shape index (κ3) is 7.54. The quantitative estimate of drug-likeness (QED) is 0.224. The molecule has 0 aliphatic heterocycles. The number of nitrogens with zero attached hydrogens (tertiary/aromatic N) is 1. The van der Waals surface area contributed by atoms with Crippen LogP contribution in [-0.4, -0.2) is 44.1 Å². The van der Waals surface area contributed by atoms with E-state index in [1.165, 1.54) is 22.5 Å². The van der Waals surface area contributed by atoms with Crippen molar-refractivity contribution in [3.63, 3.8) is 0 Å². The fourth-order valence-corrected chi connectivity index (χ4v) is 6.01. The maximum Gasteiger partial charge on any atom is 0.332 e. The lowest BCUT2D eigenvalue weighted by Gasteiger charge is -2.32. The molecule has 0 unspecified atom stereocenters. The lowest BCUT2D eigenvalue weighted by Crippen LogP contribution is -2.38. The zero-order valence-electron chi connectivity index (χ0n) is 20.4. The standard InChI is InChI=1S/C27H29Cl2NO5S/c1-27(2,3)35-25(31)19-34-17-16-30(36(32,33)24-15-14-22(28)18-23(24)29)26(20-10-6-4-7-11-20)21-12-8-5-9-13-21/h4-15,18,26H,16-17,19H2,1-3H3. The van der Waals surface area contributed by atoms with Gasteiger partial charge in [-0.05, 0) is 50.1 Å². The molecule has 3 rings (SSSR count). The van der Waals surface area contributed by atoms with Crippen molar-refractivity contribution >= 4 is 39.2 Å². The van der Waals surface area contributed by atoms with Crippen molar-refractivity contribution in [3.05, 3.63) is 100 Å². The number of sulfonamides is 1. The number of hydrogen-bond donors (Lipinski definition) is 0. The summed E-state index contributed by atoms with van der Waals surface area (Å²) in [6.07, 6.45) is 0. The third-order valence-electron chi connectivity index (χ3n) is 5.10. The fourth-order valence-electron chi connectivity index (χ4n) is 3.68. The molecule has 0 saturated heterocycles. The zero-order valence-corrected chi connectivity index (χ0v) is 22.7. The Morgan fingerprint density at radius 3 is 1.97 bits per heavy atom. The Morgan fingerprint density at radius 2 is 1.47 bits per heavy atom. The van der Waals surface area contributed by atoms with Crippen molar-refractivity contribution < 1.29 is 22.7 Å². The highest BCUT2D eigenvalue weighted by Gasteiger charge is 2.35. The Hall–Kier alpha value is -2.42. The summed E-state index contributed by atoms with van der Waals surface area (Å²) in [5, 5.41) is 0.343. The minimum atomic E-state index is -4.13. The van der Waals surface area contributed by atoms with Gasteiger partial charge in [0.1, 0.15) is 17.1 Å². The molecule has 36 heavy (non-hydrogen) atoms. The first-order chi connectivity index (χ1) is 17.0. The molecule has 0 aromatic heterocycles. The molecule has 9 heteroatoms. The summed E-state index contributed by atoms with van der Waals surface area (Å²) in [6.45, 7) is 4.91. The number of benzene rings is 3. The largest absolute Gasteiger partial charge is 0.458 e. The van der Waals surface area contributed by atoms with E-state index in [0.717, 1.165) is 11.1 Å². The summed E-state index contributed by atoms with van der Waals surface area (Å²) in [7, 11) is -4.13. The topological polar surface area (TPSA) is 72.9 Å².